The Bertz CT molecular complexity index is 833. The zero-order chi connectivity index (χ0) is 20.4. The lowest BCUT2D eigenvalue weighted by molar-refractivity contribution is -0.136. The SMILES string of the molecule is C[C@@H]1CN(c2ccc(C(F)(F)F)c3nccnc23)C[C@H]1CNC1CCCNCC1. The molecule has 4 rings (SSSR count). The van der Waals surface area contributed by atoms with Crippen LogP contribution in [-0.2, 0) is 6.18 Å². The van der Waals surface area contributed by atoms with Crippen LogP contribution in [0.25, 0.3) is 11.0 Å². The molecule has 2 aliphatic heterocycles. The largest absolute Gasteiger partial charge is 0.418 e. The molecule has 0 amide bonds. The van der Waals surface area contributed by atoms with Crippen molar-refractivity contribution < 1.29 is 13.2 Å². The maximum atomic E-state index is 13.4. The van der Waals surface area contributed by atoms with Crippen LogP contribution in [0.15, 0.2) is 24.5 Å². The zero-order valence-corrected chi connectivity index (χ0v) is 16.7. The zero-order valence-electron chi connectivity index (χ0n) is 16.7. The van der Waals surface area contributed by atoms with Crippen LogP contribution in [0.1, 0.15) is 31.7 Å². The van der Waals surface area contributed by atoms with Crippen molar-refractivity contribution in [1.82, 2.24) is 20.6 Å². The Morgan fingerprint density at radius 2 is 1.90 bits per heavy atom. The van der Waals surface area contributed by atoms with Crippen molar-refractivity contribution in [3.05, 3.63) is 30.1 Å². The molecule has 0 radical (unpaired) electrons. The lowest BCUT2D eigenvalue weighted by atomic mass is 9.97. The van der Waals surface area contributed by atoms with Gasteiger partial charge in [0, 0.05) is 38.1 Å². The van der Waals surface area contributed by atoms with Crippen molar-refractivity contribution >= 4 is 16.7 Å². The first-order chi connectivity index (χ1) is 13.9. The van der Waals surface area contributed by atoms with Crippen molar-refractivity contribution in [3.8, 4) is 0 Å². The average Bonchev–Trinajstić information content (AvgIpc) is 2.89. The molecule has 1 aromatic heterocycles. The van der Waals surface area contributed by atoms with Gasteiger partial charge in [0.1, 0.15) is 11.0 Å². The fourth-order valence-electron chi connectivity index (χ4n) is 4.56. The molecule has 0 aliphatic carbocycles. The number of anilines is 1. The highest BCUT2D eigenvalue weighted by Crippen LogP contribution is 2.38. The number of halogens is 3. The van der Waals surface area contributed by atoms with Gasteiger partial charge >= 0.3 is 6.18 Å². The van der Waals surface area contributed by atoms with Crippen molar-refractivity contribution in [2.45, 2.75) is 38.4 Å². The van der Waals surface area contributed by atoms with Crippen molar-refractivity contribution in [1.29, 1.82) is 0 Å². The fraction of sp³-hybridized carbons (Fsp3) is 0.619. The number of hydrogen-bond donors (Lipinski definition) is 2. The topological polar surface area (TPSA) is 53.1 Å². The van der Waals surface area contributed by atoms with Crippen LogP contribution >= 0.6 is 0 Å². The van der Waals surface area contributed by atoms with Gasteiger partial charge in [0.25, 0.3) is 0 Å². The van der Waals surface area contributed by atoms with Crippen LogP contribution in [0.4, 0.5) is 18.9 Å². The van der Waals surface area contributed by atoms with E-state index in [1.807, 2.05) is 0 Å². The highest BCUT2D eigenvalue weighted by Gasteiger charge is 2.36. The monoisotopic (exact) mass is 407 g/mol. The molecule has 0 spiro atoms. The van der Waals surface area contributed by atoms with Gasteiger partial charge in [-0.2, -0.15) is 13.2 Å². The molecule has 3 heterocycles. The van der Waals surface area contributed by atoms with Gasteiger partial charge in [-0.1, -0.05) is 6.92 Å². The first-order valence-electron chi connectivity index (χ1n) is 10.4. The molecule has 2 fully saturated rings. The summed E-state index contributed by atoms with van der Waals surface area (Å²) in [4.78, 5) is 10.4. The average molecular weight is 407 g/mol. The number of fused-ring (bicyclic) bond motifs is 1. The molecule has 2 saturated heterocycles. The molecule has 0 bridgehead atoms. The molecular weight excluding hydrogens is 379 g/mol. The molecule has 5 nitrogen and oxygen atoms in total. The molecule has 2 aromatic rings. The van der Waals surface area contributed by atoms with Crippen molar-refractivity contribution in [2.24, 2.45) is 11.8 Å². The van der Waals surface area contributed by atoms with Gasteiger partial charge in [-0.3, -0.25) is 9.97 Å². The van der Waals surface area contributed by atoms with Gasteiger partial charge in [-0.05, 0) is 56.3 Å². The third-order valence-electron chi connectivity index (χ3n) is 6.26. The normalized spacial score (nSPS) is 26.1. The van der Waals surface area contributed by atoms with Crippen LogP contribution in [0.2, 0.25) is 0 Å². The van der Waals surface area contributed by atoms with Crippen molar-refractivity contribution in [2.75, 3.05) is 37.6 Å². The molecule has 158 valence electrons. The Balaban J connectivity index is 1.50. The molecule has 2 N–H and O–H groups in total. The van der Waals surface area contributed by atoms with E-state index < -0.39 is 11.7 Å². The summed E-state index contributed by atoms with van der Waals surface area (Å²) in [6, 6.07) is 3.24. The Morgan fingerprint density at radius 3 is 2.69 bits per heavy atom. The lowest BCUT2D eigenvalue weighted by Crippen LogP contribution is -2.36. The summed E-state index contributed by atoms with van der Waals surface area (Å²) < 4.78 is 40.1. The van der Waals surface area contributed by atoms with E-state index in [1.165, 1.54) is 25.2 Å². The van der Waals surface area contributed by atoms with E-state index >= 15 is 0 Å². The number of benzene rings is 1. The highest BCUT2D eigenvalue weighted by atomic mass is 19.4. The van der Waals surface area contributed by atoms with E-state index in [2.05, 4.69) is 32.4 Å². The highest BCUT2D eigenvalue weighted by molar-refractivity contribution is 5.90. The van der Waals surface area contributed by atoms with Gasteiger partial charge in [0.05, 0.1) is 11.3 Å². The van der Waals surface area contributed by atoms with E-state index in [-0.39, 0.29) is 5.52 Å². The second-order valence-electron chi connectivity index (χ2n) is 8.31. The Hall–Kier alpha value is -1.93. The van der Waals surface area contributed by atoms with Gasteiger partial charge in [0.15, 0.2) is 0 Å². The molecule has 8 heteroatoms. The number of alkyl halides is 3. The summed E-state index contributed by atoms with van der Waals surface area (Å²) >= 11 is 0. The van der Waals surface area contributed by atoms with E-state index in [0.717, 1.165) is 50.9 Å². The van der Waals surface area contributed by atoms with Crippen LogP contribution < -0.4 is 15.5 Å². The third kappa shape index (κ3) is 4.48. The first-order valence-corrected chi connectivity index (χ1v) is 10.4. The van der Waals surface area contributed by atoms with Crippen LogP contribution in [-0.4, -0.2) is 48.7 Å². The van der Waals surface area contributed by atoms with Gasteiger partial charge in [-0.15, -0.1) is 0 Å². The second kappa shape index (κ2) is 8.44. The number of nitrogens with zero attached hydrogens (tertiary/aromatic N) is 3. The number of nitrogens with one attached hydrogen (secondary N) is 2. The third-order valence-corrected chi connectivity index (χ3v) is 6.26. The molecule has 29 heavy (non-hydrogen) atoms. The van der Waals surface area contributed by atoms with Gasteiger partial charge in [-0.25, -0.2) is 0 Å². The molecular formula is C21H28F3N5. The predicted octanol–water partition coefficient (Wildman–Crippen LogP) is 3.45. The molecule has 1 aromatic carbocycles. The van der Waals surface area contributed by atoms with E-state index in [4.69, 9.17) is 0 Å². The number of rotatable bonds is 4. The smallest absolute Gasteiger partial charge is 0.369 e. The Kier molecular flexibility index (Phi) is 5.92. The summed E-state index contributed by atoms with van der Waals surface area (Å²) in [6.45, 7) is 6.94. The van der Waals surface area contributed by atoms with Crippen LogP contribution in [0, 0.1) is 11.8 Å². The molecule has 1 unspecified atom stereocenters. The minimum atomic E-state index is -4.44. The Labute approximate surface area is 169 Å². The fourth-order valence-corrected chi connectivity index (χ4v) is 4.56. The van der Waals surface area contributed by atoms with E-state index in [9.17, 15) is 13.2 Å². The molecule has 0 saturated carbocycles. The summed E-state index contributed by atoms with van der Waals surface area (Å²) in [7, 11) is 0. The number of aromatic nitrogens is 2. The minimum Gasteiger partial charge on any atom is -0.369 e. The van der Waals surface area contributed by atoms with Crippen molar-refractivity contribution in [3.63, 3.8) is 0 Å². The van der Waals surface area contributed by atoms with Gasteiger partial charge < -0.3 is 15.5 Å². The molecule has 3 atom stereocenters. The summed E-state index contributed by atoms with van der Waals surface area (Å²) in [5.74, 6) is 0.917. The van der Waals surface area contributed by atoms with E-state index in [0.29, 0.717) is 23.4 Å². The van der Waals surface area contributed by atoms with Crippen LogP contribution in [0.3, 0.4) is 0 Å². The summed E-state index contributed by atoms with van der Waals surface area (Å²) in [6.07, 6.45) is 1.87. The predicted molar refractivity (Wildman–Crippen MR) is 108 cm³/mol. The quantitative estimate of drug-likeness (QED) is 0.813. The maximum absolute atomic E-state index is 13.4. The molecule has 2 aliphatic rings. The standard InChI is InChI=1S/C21H28F3N5/c1-14-12-29(13-15(14)11-28-16-3-2-7-25-8-6-16)18-5-4-17(21(22,23)24)19-20(18)27-10-9-26-19/h4-5,9-10,14-16,25,28H,2-3,6-8,11-13H2,1H3/t14-,15-,16?/m1/s1. The first kappa shape index (κ1) is 20.3. The Morgan fingerprint density at radius 1 is 1.10 bits per heavy atom. The summed E-state index contributed by atoms with van der Waals surface area (Å²) in [5.41, 5.74) is 0.279. The maximum Gasteiger partial charge on any atom is 0.418 e. The number of hydrogen-bond acceptors (Lipinski definition) is 5. The van der Waals surface area contributed by atoms with Gasteiger partial charge in [0.2, 0.25) is 0 Å². The second-order valence-corrected chi connectivity index (χ2v) is 8.31. The minimum absolute atomic E-state index is 0.0716. The van der Waals surface area contributed by atoms with E-state index in [1.54, 1.807) is 6.07 Å². The summed E-state index contributed by atoms with van der Waals surface area (Å²) in [5, 5.41) is 7.16. The lowest BCUT2D eigenvalue weighted by Gasteiger charge is -2.22. The van der Waals surface area contributed by atoms with Crippen LogP contribution in [0.5, 0.6) is 0 Å².